The summed E-state index contributed by atoms with van der Waals surface area (Å²) in [5.41, 5.74) is 0.0876. The van der Waals surface area contributed by atoms with Crippen LogP contribution in [0.4, 0.5) is 8.78 Å². The summed E-state index contributed by atoms with van der Waals surface area (Å²) in [6.07, 6.45) is 0. The van der Waals surface area contributed by atoms with Crippen LogP contribution in [0.15, 0.2) is 9.26 Å². The first-order valence-electron chi connectivity index (χ1n) is 8.25. The van der Waals surface area contributed by atoms with Gasteiger partial charge in [0.05, 0.1) is 10.8 Å². The second-order valence-corrected chi connectivity index (χ2v) is 8.55. The quantitative estimate of drug-likeness (QED) is 0.449. The number of benzene rings is 2. The van der Waals surface area contributed by atoms with Gasteiger partial charge in [-0.3, -0.25) is 0 Å². The Morgan fingerprint density at radius 2 is 0.885 bits per heavy atom. The summed E-state index contributed by atoms with van der Waals surface area (Å²) in [4.78, 5) is 0. The van der Waals surface area contributed by atoms with Gasteiger partial charge in [-0.05, 0) is 31.5 Å². The summed E-state index contributed by atoms with van der Waals surface area (Å²) in [6.45, 7) is 11.0. The van der Waals surface area contributed by atoms with E-state index in [1.54, 1.807) is 0 Å². The van der Waals surface area contributed by atoms with Gasteiger partial charge in [0.25, 0.3) is 0 Å². The molecule has 0 saturated heterocycles. The zero-order valence-electron chi connectivity index (χ0n) is 15.4. The average Bonchev–Trinajstić information content (AvgIpc) is 3.12. The number of fused-ring (bicyclic) bond motifs is 5. The van der Waals surface area contributed by atoms with E-state index in [2.05, 4.69) is 20.6 Å². The van der Waals surface area contributed by atoms with Crippen molar-refractivity contribution in [1.82, 2.24) is 20.6 Å². The second kappa shape index (κ2) is 4.96. The van der Waals surface area contributed by atoms with Crippen LogP contribution in [0.1, 0.15) is 52.7 Å². The monoisotopic (exact) mass is 360 g/mol. The van der Waals surface area contributed by atoms with E-state index in [0.29, 0.717) is 0 Å². The summed E-state index contributed by atoms with van der Waals surface area (Å²) in [6, 6.07) is 0. The largest absolute Gasteiger partial charge is 0.243 e. The normalized spacial score (nSPS) is 13.4. The lowest BCUT2D eigenvalue weighted by molar-refractivity contribution is 0.314. The van der Waals surface area contributed by atoms with Crippen molar-refractivity contribution in [3.8, 4) is 0 Å². The molecule has 136 valence electrons. The number of hydrogen-bond acceptors (Lipinski definition) is 6. The lowest BCUT2D eigenvalue weighted by Crippen LogP contribution is -2.17. The molecule has 0 fully saturated rings. The minimum absolute atomic E-state index is 0.0140. The minimum Gasteiger partial charge on any atom is -0.243 e. The molecule has 4 aromatic rings. The zero-order chi connectivity index (χ0) is 19.0. The standard InChI is InChI=1S/C18H18F2N4O2/c1-17(2,3)9-11(19)7-8(13-15(9)23-25-21-13)12(20)10(18(4,5)6)16-14(7)22-26-24-16/h1-6H3. The molecule has 6 nitrogen and oxygen atoms in total. The maximum Gasteiger partial charge on any atom is 0.146 e. The third kappa shape index (κ3) is 2.07. The first kappa shape index (κ1) is 16.8. The molecule has 0 aliphatic carbocycles. The molecule has 4 rings (SSSR count). The molecule has 2 aromatic heterocycles. The van der Waals surface area contributed by atoms with E-state index in [9.17, 15) is 0 Å². The van der Waals surface area contributed by atoms with E-state index in [1.807, 2.05) is 41.5 Å². The van der Waals surface area contributed by atoms with Crippen molar-refractivity contribution in [2.75, 3.05) is 0 Å². The number of halogens is 2. The molecule has 2 aromatic carbocycles. The van der Waals surface area contributed by atoms with Crippen molar-refractivity contribution in [3.63, 3.8) is 0 Å². The SMILES string of the molecule is CC(C)(C)c1c(F)c2c3nonc3c(C(C)(C)C)c(F)c2c2nonc12. The summed E-state index contributed by atoms with van der Waals surface area (Å²) < 4.78 is 40.9. The molecule has 26 heavy (non-hydrogen) atoms. The van der Waals surface area contributed by atoms with Crippen LogP contribution < -0.4 is 0 Å². The van der Waals surface area contributed by atoms with E-state index in [0.717, 1.165) is 0 Å². The van der Waals surface area contributed by atoms with Crippen LogP contribution in [0.5, 0.6) is 0 Å². The van der Waals surface area contributed by atoms with E-state index in [-0.39, 0.29) is 44.0 Å². The maximum absolute atomic E-state index is 15.6. The van der Waals surface area contributed by atoms with Crippen LogP contribution >= 0.6 is 0 Å². The van der Waals surface area contributed by atoms with E-state index >= 15 is 8.78 Å². The molecule has 8 heteroatoms. The molecule has 0 radical (unpaired) electrons. The molecule has 0 amide bonds. The van der Waals surface area contributed by atoms with E-state index in [1.165, 1.54) is 0 Å². The van der Waals surface area contributed by atoms with E-state index < -0.39 is 22.5 Å². The molecule has 0 bridgehead atoms. The van der Waals surface area contributed by atoms with Gasteiger partial charge >= 0.3 is 0 Å². The Labute approximate surface area is 147 Å². The predicted octanol–water partition coefficient (Wildman–Crippen LogP) is 4.79. The topological polar surface area (TPSA) is 77.8 Å². The fraction of sp³-hybridized carbons (Fsp3) is 0.444. The molecule has 0 aliphatic heterocycles. The molecule has 0 atom stereocenters. The molecule has 0 saturated carbocycles. The number of hydrogen-bond donors (Lipinski definition) is 0. The number of aromatic nitrogens is 4. The fourth-order valence-corrected chi connectivity index (χ4v) is 3.52. The number of nitrogens with zero attached hydrogens (tertiary/aromatic N) is 4. The molecule has 0 aliphatic rings. The van der Waals surface area contributed by atoms with Crippen molar-refractivity contribution in [2.24, 2.45) is 0 Å². The predicted molar refractivity (Wildman–Crippen MR) is 92.0 cm³/mol. The third-order valence-corrected chi connectivity index (χ3v) is 4.55. The van der Waals surface area contributed by atoms with Crippen LogP contribution in [0, 0.1) is 11.6 Å². The van der Waals surface area contributed by atoms with Crippen molar-refractivity contribution in [3.05, 3.63) is 22.8 Å². The first-order valence-corrected chi connectivity index (χ1v) is 8.25. The lowest BCUT2D eigenvalue weighted by atomic mass is 9.80. The smallest absolute Gasteiger partial charge is 0.146 e. The van der Waals surface area contributed by atoms with Gasteiger partial charge in [0, 0.05) is 11.1 Å². The lowest BCUT2D eigenvalue weighted by Gasteiger charge is -2.23. The van der Waals surface area contributed by atoms with Crippen molar-refractivity contribution < 1.29 is 18.0 Å². The molecular weight excluding hydrogens is 342 g/mol. The highest BCUT2D eigenvalue weighted by atomic mass is 19.1. The highest BCUT2D eigenvalue weighted by molar-refractivity contribution is 6.16. The first-order chi connectivity index (χ1) is 12.0. The third-order valence-electron chi connectivity index (χ3n) is 4.55. The highest BCUT2D eigenvalue weighted by Gasteiger charge is 2.34. The molecule has 0 spiro atoms. The van der Waals surface area contributed by atoms with Gasteiger partial charge in [-0.25, -0.2) is 18.0 Å². The van der Waals surface area contributed by atoms with Gasteiger partial charge in [-0.15, -0.1) is 0 Å². The van der Waals surface area contributed by atoms with Crippen LogP contribution in [0.25, 0.3) is 32.8 Å². The van der Waals surface area contributed by atoms with Crippen LogP contribution in [-0.2, 0) is 10.8 Å². The van der Waals surface area contributed by atoms with Crippen molar-refractivity contribution in [2.45, 2.75) is 52.4 Å². The summed E-state index contributed by atoms with van der Waals surface area (Å²) >= 11 is 0. The van der Waals surface area contributed by atoms with Crippen LogP contribution in [-0.4, -0.2) is 20.6 Å². The van der Waals surface area contributed by atoms with Crippen molar-refractivity contribution in [1.29, 1.82) is 0 Å². The Morgan fingerprint density at radius 3 is 1.19 bits per heavy atom. The Morgan fingerprint density at radius 1 is 0.577 bits per heavy atom. The fourth-order valence-electron chi connectivity index (χ4n) is 3.52. The maximum atomic E-state index is 15.6. The van der Waals surface area contributed by atoms with Gasteiger partial charge in [0.1, 0.15) is 33.7 Å². The van der Waals surface area contributed by atoms with Gasteiger partial charge < -0.3 is 0 Å². The average molecular weight is 360 g/mol. The molecule has 2 heterocycles. The van der Waals surface area contributed by atoms with Gasteiger partial charge in [0.15, 0.2) is 0 Å². The minimum atomic E-state index is -0.615. The molecule has 0 unspecified atom stereocenters. The summed E-state index contributed by atoms with van der Waals surface area (Å²) in [5.74, 6) is -1.23. The van der Waals surface area contributed by atoms with Gasteiger partial charge in [-0.2, -0.15) is 0 Å². The van der Waals surface area contributed by atoms with Crippen LogP contribution in [0.3, 0.4) is 0 Å². The Bertz CT molecular complexity index is 1090. The molecule has 0 N–H and O–H groups in total. The van der Waals surface area contributed by atoms with E-state index in [4.69, 9.17) is 9.26 Å². The zero-order valence-corrected chi connectivity index (χ0v) is 15.4. The highest BCUT2D eigenvalue weighted by Crippen LogP contribution is 2.43. The van der Waals surface area contributed by atoms with Gasteiger partial charge in [0.2, 0.25) is 0 Å². The number of rotatable bonds is 0. The Kier molecular flexibility index (Phi) is 3.21. The summed E-state index contributed by atoms with van der Waals surface area (Å²) in [7, 11) is 0. The Balaban J connectivity index is 2.40. The van der Waals surface area contributed by atoms with Crippen molar-refractivity contribution >= 4 is 32.8 Å². The Hall–Kier alpha value is -2.64. The van der Waals surface area contributed by atoms with Gasteiger partial charge in [-0.1, -0.05) is 41.5 Å². The second-order valence-electron chi connectivity index (χ2n) is 8.55. The summed E-state index contributed by atoms with van der Waals surface area (Å²) in [5, 5.41) is 15.4. The van der Waals surface area contributed by atoms with Crippen LogP contribution in [0.2, 0.25) is 0 Å². The molecular formula is C18H18F2N4O2.